The first-order chi connectivity index (χ1) is 12.3. The number of nitrogens with zero attached hydrogens (tertiary/aromatic N) is 2. The fourth-order valence-electron chi connectivity index (χ4n) is 3.63. The standard InChI is InChI=1S/C21H25N3O/c25-21(23-19-7-4-12-24(15-19)14-16-8-9-16)20-13-18(10-11-22-20)17-5-2-1-3-6-17/h1-3,5-6,10-11,13,16,19H,4,7-9,12,14-15H2,(H,23,25). The van der Waals surface area contributed by atoms with Crippen LogP contribution in [0.2, 0.25) is 0 Å². The number of rotatable bonds is 5. The summed E-state index contributed by atoms with van der Waals surface area (Å²) in [7, 11) is 0. The Kier molecular flexibility index (Phi) is 4.79. The zero-order chi connectivity index (χ0) is 17.1. The highest BCUT2D eigenvalue weighted by Crippen LogP contribution is 2.30. The molecule has 4 nitrogen and oxygen atoms in total. The van der Waals surface area contributed by atoms with Crippen molar-refractivity contribution in [1.29, 1.82) is 0 Å². The lowest BCUT2D eigenvalue weighted by Gasteiger charge is -2.33. The highest BCUT2D eigenvalue weighted by Gasteiger charge is 2.28. The van der Waals surface area contributed by atoms with Crippen LogP contribution in [0.3, 0.4) is 0 Å². The van der Waals surface area contributed by atoms with Gasteiger partial charge in [-0.05, 0) is 61.4 Å². The number of carbonyl (C=O) groups is 1. The molecule has 1 aromatic heterocycles. The number of hydrogen-bond acceptors (Lipinski definition) is 3. The molecule has 0 bridgehead atoms. The van der Waals surface area contributed by atoms with Crippen LogP contribution in [0.5, 0.6) is 0 Å². The van der Waals surface area contributed by atoms with E-state index in [0.717, 1.165) is 36.4 Å². The van der Waals surface area contributed by atoms with Crippen molar-refractivity contribution < 1.29 is 4.79 Å². The molecule has 2 aliphatic rings. The first-order valence-corrected chi connectivity index (χ1v) is 9.32. The fraction of sp³-hybridized carbons (Fsp3) is 0.429. The third-order valence-corrected chi connectivity index (χ3v) is 5.15. The Morgan fingerprint density at radius 2 is 1.96 bits per heavy atom. The number of nitrogens with one attached hydrogen (secondary N) is 1. The minimum absolute atomic E-state index is 0.0592. The lowest BCUT2D eigenvalue weighted by atomic mass is 10.0. The molecular formula is C21H25N3O. The van der Waals surface area contributed by atoms with Crippen molar-refractivity contribution in [3.05, 3.63) is 54.4 Å². The Hall–Kier alpha value is -2.20. The SMILES string of the molecule is O=C(NC1CCCN(CC2CC2)C1)c1cc(-c2ccccc2)ccn1. The maximum Gasteiger partial charge on any atom is 0.270 e. The second kappa shape index (κ2) is 7.36. The Morgan fingerprint density at radius 3 is 2.76 bits per heavy atom. The molecule has 1 aliphatic heterocycles. The van der Waals surface area contributed by atoms with E-state index in [-0.39, 0.29) is 11.9 Å². The summed E-state index contributed by atoms with van der Waals surface area (Å²) in [5, 5.41) is 3.19. The summed E-state index contributed by atoms with van der Waals surface area (Å²) < 4.78 is 0. The van der Waals surface area contributed by atoms with E-state index < -0.39 is 0 Å². The number of amides is 1. The van der Waals surface area contributed by atoms with E-state index in [2.05, 4.69) is 15.2 Å². The van der Waals surface area contributed by atoms with E-state index in [9.17, 15) is 4.79 Å². The van der Waals surface area contributed by atoms with Crippen LogP contribution < -0.4 is 5.32 Å². The van der Waals surface area contributed by atoms with Gasteiger partial charge in [-0.2, -0.15) is 0 Å². The minimum Gasteiger partial charge on any atom is -0.347 e. The molecule has 1 unspecified atom stereocenters. The van der Waals surface area contributed by atoms with Gasteiger partial charge >= 0.3 is 0 Å². The monoisotopic (exact) mass is 335 g/mol. The second-order valence-electron chi connectivity index (χ2n) is 7.31. The molecule has 1 aliphatic carbocycles. The van der Waals surface area contributed by atoms with Gasteiger partial charge in [0.1, 0.15) is 5.69 Å². The predicted octanol–water partition coefficient (Wildman–Crippen LogP) is 3.35. The molecule has 1 saturated heterocycles. The number of hydrogen-bond donors (Lipinski definition) is 1. The van der Waals surface area contributed by atoms with Crippen LogP contribution in [-0.2, 0) is 0 Å². The van der Waals surface area contributed by atoms with Gasteiger partial charge in [0.15, 0.2) is 0 Å². The molecule has 1 atom stereocenters. The molecule has 1 aromatic carbocycles. The molecule has 1 amide bonds. The minimum atomic E-state index is -0.0592. The van der Waals surface area contributed by atoms with E-state index in [1.54, 1.807) is 6.20 Å². The number of pyridine rings is 1. The molecule has 2 fully saturated rings. The quantitative estimate of drug-likeness (QED) is 0.911. The summed E-state index contributed by atoms with van der Waals surface area (Å²) in [6.45, 7) is 3.35. The van der Waals surface area contributed by atoms with Crippen LogP contribution in [0.15, 0.2) is 48.7 Å². The number of benzene rings is 1. The lowest BCUT2D eigenvalue weighted by molar-refractivity contribution is 0.0897. The Labute approximate surface area is 149 Å². The average molecular weight is 335 g/mol. The van der Waals surface area contributed by atoms with Crippen molar-refractivity contribution in [1.82, 2.24) is 15.2 Å². The van der Waals surface area contributed by atoms with E-state index >= 15 is 0 Å². The molecule has 4 rings (SSSR count). The van der Waals surface area contributed by atoms with Crippen LogP contribution in [0.25, 0.3) is 11.1 Å². The first kappa shape index (κ1) is 16.3. The highest BCUT2D eigenvalue weighted by atomic mass is 16.1. The van der Waals surface area contributed by atoms with Crippen LogP contribution in [0.4, 0.5) is 0 Å². The number of likely N-dealkylation sites (tertiary alicyclic amines) is 1. The topological polar surface area (TPSA) is 45.2 Å². The third-order valence-electron chi connectivity index (χ3n) is 5.15. The zero-order valence-corrected chi connectivity index (χ0v) is 14.5. The lowest BCUT2D eigenvalue weighted by Crippen LogP contribution is -2.48. The largest absolute Gasteiger partial charge is 0.347 e. The van der Waals surface area contributed by atoms with Crippen molar-refractivity contribution in [2.75, 3.05) is 19.6 Å². The molecule has 2 heterocycles. The zero-order valence-electron chi connectivity index (χ0n) is 14.5. The second-order valence-corrected chi connectivity index (χ2v) is 7.31. The van der Waals surface area contributed by atoms with Crippen molar-refractivity contribution >= 4 is 5.91 Å². The van der Waals surface area contributed by atoms with Crippen molar-refractivity contribution in [3.63, 3.8) is 0 Å². The summed E-state index contributed by atoms with van der Waals surface area (Å²) in [5.74, 6) is 0.842. The maximum atomic E-state index is 12.6. The van der Waals surface area contributed by atoms with Gasteiger partial charge in [0.25, 0.3) is 5.91 Å². The van der Waals surface area contributed by atoms with E-state index in [4.69, 9.17) is 0 Å². The Bertz CT molecular complexity index is 727. The smallest absolute Gasteiger partial charge is 0.270 e. The highest BCUT2D eigenvalue weighted by molar-refractivity contribution is 5.93. The molecule has 1 N–H and O–H groups in total. The van der Waals surface area contributed by atoms with E-state index in [1.165, 1.54) is 25.9 Å². The number of aromatic nitrogens is 1. The van der Waals surface area contributed by atoms with Crippen LogP contribution in [0, 0.1) is 5.92 Å². The van der Waals surface area contributed by atoms with Gasteiger partial charge in [0, 0.05) is 25.3 Å². The summed E-state index contributed by atoms with van der Waals surface area (Å²) >= 11 is 0. The van der Waals surface area contributed by atoms with E-state index in [1.807, 2.05) is 42.5 Å². The third kappa shape index (κ3) is 4.26. The van der Waals surface area contributed by atoms with Crippen molar-refractivity contribution in [2.45, 2.75) is 31.7 Å². The van der Waals surface area contributed by atoms with Gasteiger partial charge < -0.3 is 10.2 Å². The molecule has 25 heavy (non-hydrogen) atoms. The molecule has 0 radical (unpaired) electrons. The molecule has 4 heteroatoms. The van der Waals surface area contributed by atoms with Crippen LogP contribution >= 0.6 is 0 Å². The Balaban J connectivity index is 1.40. The summed E-state index contributed by atoms with van der Waals surface area (Å²) in [4.78, 5) is 19.4. The molecular weight excluding hydrogens is 310 g/mol. The van der Waals surface area contributed by atoms with Gasteiger partial charge in [-0.3, -0.25) is 9.78 Å². The fourth-order valence-corrected chi connectivity index (χ4v) is 3.63. The van der Waals surface area contributed by atoms with Gasteiger partial charge in [0.05, 0.1) is 0 Å². The van der Waals surface area contributed by atoms with Gasteiger partial charge in [-0.15, -0.1) is 0 Å². The van der Waals surface area contributed by atoms with E-state index in [0.29, 0.717) is 5.69 Å². The maximum absolute atomic E-state index is 12.6. The predicted molar refractivity (Wildman–Crippen MR) is 99.3 cm³/mol. The van der Waals surface area contributed by atoms with Gasteiger partial charge in [-0.1, -0.05) is 30.3 Å². The number of piperidine rings is 1. The first-order valence-electron chi connectivity index (χ1n) is 9.32. The average Bonchev–Trinajstić information content (AvgIpc) is 3.47. The normalized spacial score (nSPS) is 21.0. The Morgan fingerprint density at radius 1 is 1.12 bits per heavy atom. The molecule has 130 valence electrons. The molecule has 0 spiro atoms. The van der Waals surface area contributed by atoms with Crippen molar-refractivity contribution in [3.8, 4) is 11.1 Å². The van der Waals surface area contributed by atoms with Gasteiger partial charge in [0.2, 0.25) is 0 Å². The molecule has 1 saturated carbocycles. The van der Waals surface area contributed by atoms with Gasteiger partial charge in [-0.25, -0.2) is 0 Å². The molecule has 2 aromatic rings. The summed E-state index contributed by atoms with van der Waals surface area (Å²) in [6.07, 6.45) is 6.70. The van der Waals surface area contributed by atoms with Crippen LogP contribution in [0.1, 0.15) is 36.2 Å². The summed E-state index contributed by atoms with van der Waals surface area (Å²) in [6, 6.07) is 14.2. The van der Waals surface area contributed by atoms with Crippen molar-refractivity contribution in [2.24, 2.45) is 5.92 Å². The summed E-state index contributed by atoms with van der Waals surface area (Å²) in [5.41, 5.74) is 2.63. The number of carbonyl (C=O) groups excluding carboxylic acids is 1. The van der Waals surface area contributed by atoms with Crippen LogP contribution in [-0.4, -0.2) is 41.5 Å².